The highest BCUT2D eigenvalue weighted by molar-refractivity contribution is 5.66. The smallest absolute Gasteiger partial charge is 0.304 e. The molecule has 0 aliphatic carbocycles. The maximum atomic E-state index is 11.2. The summed E-state index contributed by atoms with van der Waals surface area (Å²) in [7, 11) is 0. The van der Waals surface area contributed by atoms with Crippen LogP contribution in [-0.4, -0.2) is 22.6 Å². The SMILES string of the molecule is O=C(O)CCNCc1c[nH]ccc1=O. The van der Waals surface area contributed by atoms with Crippen molar-refractivity contribution in [1.29, 1.82) is 0 Å². The summed E-state index contributed by atoms with van der Waals surface area (Å²) in [5.74, 6) is -0.848. The molecule has 0 saturated carbocycles. The van der Waals surface area contributed by atoms with E-state index in [0.717, 1.165) is 0 Å². The van der Waals surface area contributed by atoms with Gasteiger partial charge < -0.3 is 15.4 Å². The van der Waals surface area contributed by atoms with E-state index >= 15 is 0 Å². The first-order valence-electron chi connectivity index (χ1n) is 4.28. The molecule has 1 aromatic heterocycles. The predicted octanol–water partition coefficient (Wildman–Crippen LogP) is -0.0608. The lowest BCUT2D eigenvalue weighted by molar-refractivity contribution is -0.136. The Morgan fingerprint density at radius 1 is 1.57 bits per heavy atom. The van der Waals surface area contributed by atoms with Crippen LogP contribution in [0.4, 0.5) is 0 Å². The third kappa shape index (κ3) is 3.40. The number of nitrogens with one attached hydrogen (secondary N) is 2. The highest BCUT2D eigenvalue weighted by Gasteiger charge is 1.98. The van der Waals surface area contributed by atoms with Gasteiger partial charge in [0.05, 0.1) is 6.42 Å². The standard InChI is InChI=1S/C9H12N2O3/c12-8-1-3-10-5-7(8)6-11-4-2-9(13)14/h1,3,5,11H,2,4,6H2,(H,10,12)(H,13,14). The highest BCUT2D eigenvalue weighted by Crippen LogP contribution is 1.87. The minimum Gasteiger partial charge on any atom is -0.481 e. The topological polar surface area (TPSA) is 82.2 Å². The normalized spacial score (nSPS) is 10.0. The molecule has 76 valence electrons. The van der Waals surface area contributed by atoms with Crippen molar-refractivity contribution in [3.8, 4) is 0 Å². The maximum Gasteiger partial charge on any atom is 0.304 e. The molecule has 5 heteroatoms. The molecule has 0 aliphatic heterocycles. The van der Waals surface area contributed by atoms with Crippen LogP contribution in [0.2, 0.25) is 0 Å². The molecule has 1 aromatic rings. The van der Waals surface area contributed by atoms with Gasteiger partial charge in [-0.1, -0.05) is 0 Å². The van der Waals surface area contributed by atoms with E-state index in [2.05, 4.69) is 10.3 Å². The second-order valence-corrected chi connectivity index (χ2v) is 2.85. The summed E-state index contributed by atoms with van der Waals surface area (Å²) in [6, 6.07) is 1.44. The van der Waals surface area contributed by atoms with Crippen LogP contribution in [0, 0.1) is 0 Å². The van der Waals surface area contributed by atoms with Gasteiger partial charge in [0.25, 0.3) is 0 Å². The molecule has 14 heavy (non-hydrogen) atoms. The first-order valence-corrected chi connectivity index (χ1v) is 4.28. The molecule has 0 atom stereocenters. The minimum atomic E-state index is -0.848. The Morgan fingerprint density at radius 3 is 3.00 bits per heavy atom. The number of aromatic nitrogens is 1. The number of pyridine rings is 1. The van der Waals surface area contributed by atoms with Gasteiger partial charge in [0.1, 0.15) is 0 Å². The maximum absolute atomic E-state index is 11.2. The number of rotatable bonds is 5. The van der Waals surface area contributed by atoms with Gasteiger partial charge in [-0.15, -0.1) is 0 Å². The molecule has 0 aromatic carbocycles. The van der Waals surface area contributed by atoms with E-state index in [1.165, 1.54) is 6.07 Å². The molecule has 0 spiro atoms. The van der Waals surface area contributed by atoms with Crippen LogP contribution < -0.4 is 10.7 Å². The zero-order valence-corrected chi connectivity index (χ0v) is 7.62. The van der Waals surface area contributed by atoms with Gasteiger partial charge in [-0.2, -0.15) is 0 Å². The summed E-state index contributed by atoms with van der Waals surface area (Å²) in [6.45, 7) is 0.757. The van der Waals surface area contributed by atoms with Gasteiger partial charge in [0.2, 0.25) is 0 Å². The highest BCUT2D eigenvalue weighted by atomic mass is 16.4. The first kappa shape index (κ1) is 10.5. The molecule has 0 aliphatic rings. The third-order valence-corrected chi connectivity index (χ3v) is 1.74. The third-order valence-electron chi connectivity index (χ3n) is 1.74. The second kappa shape index (κ2) is 5.18. The first-order chi connectivity index (χ1) is 6.70. The fourth-order valence-corrected chi connectivity index (χ4v) is 1.01. The molecule has 0 fully saturated rings. The summed E-state index contributed by atoms with van der Waals surface area (Å²) in [4.78, 5) is 24.1. The van der Waals surface area contributed by atoms with Crippen LogP contribution in [0.1, 0.15) is 12.0 Å². The lowest BCUT2D eigenvalue weighted by Crippen LogP contribution is -2.21. The van der Waals surface area contributed by atoms with E-state index in [1.807, 2.05) is 0 Å². The summed E-state index contributed by atoms with van der Waals surface area (Å²) in [6.07, 6.45) is 3.23. The fourth-order valence-electron chi connectivity index (χ4n) is 1.01. The van der Waals surface area contributed by atoms with Gasteiger partial charge in [0.15, 0.2) is 5.43 Å². The molecule has 3 N–H and O–H groups in total. The Morgan fingerprint density at radius 2 is 2.36 bits per heavy atom. The Kier molecular flexibility index (Phi) is 3.87. The molecule has 5 nitrogen and oxygen atoms in total. The van der Waals surface area contributed by atoms with Crippen molar-refractivity contribution in [2.45, 2.75) is 13.0 Å². The Balaban J connectivity index is 2.35. The molecule has 0 unspecified atom stereocenters. The summed E-state index contributed by atoms with van der Waals surface area (Å²) in [5.41, 5.74) is 0.560. The van der Waals surface area contributed by atoms with Crippen LogP contribution in [0.3, 0.4) is 0 Å². The Bertz CT molecular complexity index is 359. The predicted molar refractivity (Wildman–Crippen MR) is 51.0 cm³/mol. The largest absolute Gasteiger partial charge is 0.481 e. The number of H-pyrrole nitrogens is 1. The second-order valence-electron chi connectivity index (χ2n) is 2.85. The quantitative estimate of drug-likeness (QED) is 0.576. The average molecular weight is 196 g/mol. The number of aliphatic carboxylic acids is 1. The van der Waals surface area contributed by atoms with Crippen LogP contribution >= 0.6 is 0 Å². The van der Waals surface area contributed by atoms with Crippen molar-refractivity contribution in [2.75, 3.05) is 6.54 Å². The van der Waals surface area contributed by atoms with E-state index < -0.39 is 5.97 Å². The number of carboxylic acids is 1. The minimum absolute atomic E-state index is 0.0495. The monoisotopic (exact) mass is 196 g/mol. The number of carbonyl (C=O) groups is 1. The molecule has 0 saturated heterocycles. The van der Waals surface area contributed by atoms with Crippen LogP contribution in [-0.2, 0) is 11.3 Å². The molecular formula is C9H12N2O3. The summed E-state index contributed by atoms with van der Waals surface area (Å²) >= 11 is 0. The van der Waals surface area contributed by atoms with Gasteiger partial charge in [-0.05, 0) is 0 Å². The lowest BCUT2D eigenvalue weighted by atomic mass is 10.2. The van der Waals surface area contributed by atoms with Gasteiger partial charge >= 0.3 is 5.97 Å². The van der Waals surface area contributed by atoms with Crippen LogP contribution in [0.15, 0.2) is 23.3 Å². The van der Waals surface area contributed by atoms with Gasteiger partial charge in [-0.25, -0.2) is 0 Å². The lowest BCUT2D eigenvalue weighted by Gasteiger charge is -2.01. The zero-order chi connectivity index (χ0) is 10.4. The van der Waals surface area contributed by atoms with Crippen molar-refractivity contribution in [3.63, 3.8) is 0 Å². The van der Waals surface area contributed by atoms with E-state index in [0.29, 0.717) is 18.7 Å². The van der Waals surface area contributed by atoms with Crippen LogP contribution in [0.25, 0.3) is 0 Å². The molecule has 0 radical (unpaired) electrons. The number of aromatic amines is 1. The zero-order valence-electron chi connectivity index (χ0n) is 7.62. The molecule has 1 rings (SSSR count). The van der Waals surface area contributed by atoms with Crippen molar-refractivity contribution < 1.29 is 9.90 Å². The average Bonchev–Trinajstić information content (AvgIpc) is 2.15. The molecular weight excluding hydrogens is 184 g/mol. The van der Waals surface area contributed by atoms with E-state index in [9.17, 15) is 9.59 Å². The van der Waals surface area contributed by atoms with E-state index in [1.54, 1.807) is 12.4 Å². The van der Waals surface area contributed by atoms with E-state index in [4.69, 9.17) is 5.11 Å². The van der Waals surface area contributed by atoms with Crippen molar-refractivity contribution in [1.82, 2.24) is 10.3 Å². The molecule has 0 bridgehead atoms. The number of carboxylic acid groups (broad SMARTS) is 1. The van der Waals surface area contributed by atoms with Crippen LogP contribution in [0.5, 0.6) is 0 Å². The van der Waals surface area contributed by atoms with Gasteiger partial charge in [0, 0.05) is 37.1 Å². The molecule has 0 amide bonds. The van der Waals surface area contributed by atoms with Crippen molar-refractivity contribution in [2.24, 2.45) is 0 Å². The van der Waals surface area contributed by atoms with Crippen molar-refractivity contribution >= 4 is 5.97 Å². The fraction of sp³-hybridized carbons (Fsp3) is 0.333. The Hall–Kier alpha value is -1.62. The van der Waals surface area contributed by atoms with E-state index in [-0.39, 0.29) is 11.8 Å². The summed E-state index contributed by atoms with van der Waals surface area (Å²) in [5, 5.41) is 11.2. The van der Waals surface area contributed by atoms with Gasteiger partial charge in [-0.3, -0.25) is 9.59 Å². The molecule has 1 heterocycles. The number of hydrogen-bond donors (Lipinski definition) is 3. The summed E-state index contributed by atoms with van der Waals surface area (Å²) < 4.78 is 0. The Labute approximate surface area is 80.8 Å². The van der Waals surface area contributed by atoms with Crippen molar-refractivity contribution in [3.05, 3.63) is 34.2 Å². The number of hydrogen-bond acceptors (Lipinski definition) is 3.